The summed E-state index contributed by atoms with van der Waals surface area (Å²) in [4.78, 5) is 20.0. The topological polar surface area (TPSA) is 57.7 Å². The summed E-state index contributed by atoms with van der Waals surface area (Å²) in [6, 6.07) is 12.9. The number of anilines is 1. The van der Waals surface area contributed by atoms with E-state index in [4.69, 9.17) is 16.3 Å². The largest absolute Gasteiger partial charge is 0.490 e. The van der Waals surface area contributed by atoms with Crippen LogP contribution in [0.1, 0.15) is 18.4 Å². The van der Waals surface area contributed by atoms with Crippen molar-refractivity contribution in [3.8, 4) is 0 Å². The molecule has 10 heteroatoms. The Labute approximate surface area is 195 Å². The van der Waals surface area contributed by atoms with Gasteiger partial charge in [-0.05, 0) is 55.8 Å². The average molecular weight is 483 g/mol. The lowest BCUT2D eigenvalue weighted by molar-refractivity contribution is -0.204. The molecule has 2 aliphatic rings. The summed E-state index contributed by atoms with van der Waals surface area (Å²) in [5.74, 6) is -1.51. The number of nitrogens with one attached hydrogen (secondary N) is 1. The number of nitrogens with zero attached hydrogens (tertiary/aromatic N) is 3. The van der Waals surface area contributed by atoms with E-state index in [1.165, 1.54) is 5.56 Å². The Bertz CT molecular complexity index is 922. The van der Waals surface area contributed by atoms with Gasteiger partial charge >= 0.3 is 12.1 Å². The van der Waals surface area contributed by atoms with Crippen LogP contribution < -0.4 is 10.2 Å². The van der Waals surface area contributed by atoms with Gasteiger partial charge in [0.1, 0.15) is 11.9 Å². The van der Waals surface area contributed by atoms with Crippen LogP contribution in [0.4, 0.5) is 19.0 Å². The highest BCUT2D eigenvalue weighted by atomic mass is 35.5. The second-order valence-electron chi connectivity index (χ2n) is 8.48. The molecule has 1 aromatic carbocycles. The minimum Gasteiger partial charge on any atom is -0.452 e. The number of rotatable bonds is 6. The van der Waals surface area contributed by atoms with Crippen LogP contribution in [-0.2, 0) is 16.1 Å². The number of esters is 1. The van der Waals surface area contributed by atoms with Gasteiger partial charge in [0, 0.05) is 30.4 Å². The van der Waals surface area contributed by atoms with Crippen LogP contribution in [0, 0.1) is 0 Å². The van der Waals surface area contributed by atoms with Crippen molar-refractivity contribution < 1.29 is 22.7 Å². The monoisotopic (exact) mass is 482 g/mol. The predicted octanol–water partition coefficient (Wildman–Crippen LogP) is 3.65. The number of ether oxygens (including phenoxy) is 1. The van der Waals surface area contributed by atoms with E-state index in [0.29, 0.717) is 17.4 Å². The summed E-state index contributed by atoms with van der Waals surface area (Å²) in [5.41, 5.74) is 1.19. The fraction of sp³-hybridized carbons (Fsp3) is 0.478. The third kappa shape index (κ3) is 6.37. The fourth-order valence-electron chi connectivity index (χ4n) is 4.39. The molecule has 2 saturated heterocycles. The molecule has 2 aliphatic heterocycles. The number of aromatic nitrogens is 1. The van der Waals surface area contributed by atoms with Crippen LogP contribution in [0.15, 0.2) is 48.7 Å². The molecule has 2 atom stereocenters. The Kier molecular flexibility index (Phi) is 7.41. The molecular formula is C23H26ClF3N4O2. The molecule has 6 nitrogen and oxygen atoms in total. The van der Waals surface area contributed by atoms with Gasteiger partial charge in [0.15, 0.2) is 0 Å². The van der Waals surface area contributed by atoms with Crippen LogP contribution in [0.3, 0.4) is 0 Å². The average Bonchev–Trinajstić information content (AvgIpc) is 3.19. The number of alkyl halides is 3. The van der Waals surface area contributed by atoms with E-state index >= 15 is 0 Å². The first kappa shape index (κ1) is 23.8. The smallest absolute Gasteiger partial charge is 0.452 e. The van der Waals surface area contributed by atoms with Gasteiger partial charge in [-0.3, -0.25) is 4.90 Å². The minimum absolute atomic E-state index is 0.132. The molecule has 3 heterocycles. The molecule has 1 aromatic heterocycles. The molecule has 2 aromatic rings. The van der Waals surface area contributed by atoms with Gasteiger partial charge in [-0.25, -0.2) is 9.78 Å². The van der Waals surface area contributed by atoms with Crippen molar-refractivity contribution in [3.63, 3.8) is 0 Å². The van der Waals surface area contributed by atoms with Gasteiger partial charge in [-0.2, -0.15) is 13.2 Å². The molecule has 178 valence electrons. The maximum atomic E-state index is 12.8. The fourth-order valence-corrected chi connectivity index (χ4v) is 4.52. The molecule has 0 bridgehead atoms. The van der Waals surface area contributed by atoms with Crippen molar-refractivity contribution in [2.24, 2.45) is 0 Å². The number of halogens is 4. The van der Waals surface area contributed by atoms with Gasteiger partial charge in [-0.1, -0.05) is 29.8 Å². The zero-order valence-corrected chi connectivity index (χ0v) is 18.7. The van der Waals surface area contributed by atoms with Gasteiger partial charge in [-0.15, -0.1) is 0 Å². The molecule has 1 N–H and O–H groups in total. The van der Waals surface area contributed by atoms with Crippen molar-refractivity contribution >= 4 is 23.4 Å². The number of carbonyl (C=O) groups excluding carboxylic acids is 1. The zero-order chi connectivity index (χ0) is 23.4. The first-order valence-corrected chi connectivity index (χ1v) is 11.3. The number of carbonyl (C=O) groups is 1. The summed E-state index contributed by atoms with van der Waals surface area (Å²) in [6.45, 7) is 3.13. The first-order chi connectivity index (χ1) is 15.8. The minimum atomic E-state index is -5.02. The predicted molar refractivity (Wildman–Crippen MR) is 119 cm³/mol. The number of hydrogen-bond donors (Lipinski definition) is 1. The standard InChI is InChI=1S/C23H26ClF3N4O2/c24-17-6-4-16(5-7-17)13-30-11-8-18(9-12-30)29-19-14-31(21-3-1-2-10-28-21)15-20(19)33-22(32)23(25,26)27/h1-7,10,18-20,29H,8-9,11-15H2. The second-order valence-corrected chi connectivity index (χ2v) is 8.92. The van der Waals surface area contributed by atoms with Gasteiger partial charge in [0.2, 0.25) is 0 Å². The molecule has 2 fully saturated rings. The summed E-state index contributed by atoms with van der Waals surface area (Å²) in [7, 11) is 0. The molecule has 33 heavy (non-hydrogen) atoms. The van der Waals surface area contributed by atoms with Crippen molar-refractivity contribution in [2.45, 2.75) is 43.8 Å². The summed E-state index contributed by atoms with van der Waals surface area (Å²) < 4.78 is 43.3. The third-order valence-electron chi connectivity index (χ3n) is 6.09. The van der Waals surface area contributed by atoms with E-state index in [1.807, 2.05) is 35.2 Å². The Morgan fingerprint density at radius 1 is 1.12 bits per heavy atom. The molecule has 0 aliphatic carbocycles. The molecular weight excluding hydrogens is 457 g/mol. The Balaban J connectivity index is 1.35. The Hall–Kier alpha value is -2.36. The van der Waals surface area contributed by atoms with Gasteiger partial charge in [0.25, 0.3) is 0 Å². The molecule has 0 spiro atoms. The van der Waals surface area contributed by atoms with Crippen LogP contribution >= 0.6 is 11.6 Å². The van der Waals surface area contributed by atoms with Crippen LogP contribution in [0.5, 0.6) is 0 Å². The van der Waals surface area contributed by atoms with E-state index in [-0.39, 0.29) is 12.6 Å². The number of benzene rings is 1. The summed E-state index contributed by atoms with van der Waals surface area (Å²) in [5, 5.41) is 4.17. The van der Waals surface area contributed by atoms with Gasteiger partial charge < -0.3 is 15.0 Å². The van der Waals surface area contributed by atoms with Crippen LogP contribution in [0.2, 0.25) is 5.02 Å². The highest BCUT2D eigenvalue weighted by molar-refractivity contribution is 6.30. The SMILES string of the molecule is O=C(OC1CN(c2ccccn2)CC1NC1CCN(Cc2ccc(Cl)cc2)CC1)C(F)(F)F. The quantitative estimate of drug-likeness (QED) is 0.634. The van der Waals surface area contributed by atoms with Crippen molar-refractivity contribution in [2.75, 3.05) is 31.1 Å². The molecule has 0 amide bonds. The lowest BCUT2D eigenvalue weighted by atomic mass is 10.0. The second kappa shape index (κ2) is 10.3. The Morgan fingerprint density at radius 2 is 1.85 bits per heavy atom. The number of hydrogen-bond acceptors (Lipinski definition) is 6. The van der Waals surface area contributed by atoms with Crippen LogP contribution in [0.25, 0.3) is 0 Å². The van der Waals surface area contributed by atoms with E-state index in [0.717, 1.165) is 32.5 Å². The van der Waals surface area contributed by atoms with E-state index < -0.39 is 24.3 Å². The van der Waals surface area contributed by atoms with Gasteiger partial charge in [0.05, 0.1) is 12.6 Å². The molecule has 0 radical (unpaired) electrons. The third-order valence-corrected chi connectivity index (χ3v) is 6.34. The molecule has 0 saturated carbocycles. The number of likely N-dealkylation sites (tertiary alicyclic amines) is 1. The van der Waals surface area contributed by atoms with Crippen LogP contribution in [-0.4, -0.2) is 66.4 Å². The van der Waals surface area contributed by atoms with E-state index in [2.05, 4.69) is 15.2 Å². The first-order valence-electron chi connectivity index (χ1n) is 10.9. The lowest BCUT2D eigenvalue weighted by Gasteiger charge is -2.34. The van der Waals surface area contributed by atoms with Crippen molar-refractivity contribution in [1.29, 1.82) is 0 Å². The summed E-state index contributed by atoms with van der Waals surface area (Å²) in [6.07, 6.45) is -2.59. The highest BCUT2D eigenvalue weighted by Gasteiger charge is 2.46. The van der Waals surface area contributed by atoms with Crippen molar-refractivity contribution in [1.82, 2.24) is 15.2 Å². The number of pyridine rings is 1. The molecule has 2 unspecified atom stereocenters. The molecule has 4 rings (SSSR count). The maximum Gasteiger partial charge on any atom is 0.490 e. The maximum absolute atomic E-state index is 12.8. The van der Waals surface area contributed by atoms with Crippen molar-refractivity contribution in [3.05, 3.63) is 59.2 Å². The van der Waals surface area contributed by atoms with E-state index in [1.54, 1.807) is 18.3 Å². The lowest BCUT2D eigenvalue weighted by Crippen LogP contribution is -2.51. The number of piperidine rings is 1. The Morgan fingerprint density at radius 3 is 2.48 bits per heavy atom. The zero-order valence-electron chi connectivity index (χ0n) is 18.0. The summed E-state index contributed by atoms with van der Waals surface area (Å²) >= 11 is 5.95. The highest BCUT2D eigenvalue weighted by Crippen LogP contribution is 2.25. The normalized spacial score (nSPS) is 22.5. The van der Waals surface area contributed by atoms with E-state index in [9.17, 15) is 18.0 Å².